The predicted octanol–water partition coefficient (Wildman–Crippen LogP) is -0.977. The molecular formula is C11H9O5-. The molecule has 5 heteroatoms. The molecule has 2 N–H and O–H groups in total. The van der Waals surface area contributed by atoms with Gasteiger partial charge in [-0.25, -0.2) is 0 Å². The predicted molar refractivity (Wildman–Crippen MR) is 52.0 cm³/mol. The molecule has 1 aliphatic heterocycles. The van der Waals surface area contributed by atoms with Gasteiger partial charge in [0.15, 0.2) is 0 Å². The summed E-state index contributed by atoms with van der Waals surface area (Å²) in [6.07, 6.45) is 2.43. The molecule has 16 heavy (non-hydrogen) atoms. The number of carbonyl (C=O) groups excluding carboxylic acids is 1. The summed E-state index contributed by atoms with van der Waals surface area (Å²) in [7, 11) is 0. The van der Waals surface area contributed by atoms with Crippen LogP contribution < -0.4 is 9.84 Å². The van der Waals surface area contributed by atoms with Crippen molar-refractivity contribution in [3.8, 4) is 5.75 Å². The average Bonchev–Trinajstić information content (AvgIpc) is 2.27. The molecule has 1 atom stereocenters. The van der Waals surface area contributed by atoms with Gasteiger partial charge in [-0.3, -0.25) is 0 Å². The Bertz CT molecular complexity index is 465. The fourth-order valence-electron chi connectivity index (χ4n) is 1.42. The summed E-state index contributed by atoms with van der Waals surface area (Å²) < 4.78 is 4.92. The topological polar surface area (TPSA) is 89.8 Å². The second kappa shape index (κ2) is 3.62. The highest BCUT2D eigenvalue weighted by Gasteiger charge is 2.31. The Morgan fingerprint density at radius 1 is 1.50 bits per heavy atom. The van der Waals surface area contributed by atoms with E-state index in [-0.39, 0.29) is 12.4 Å². The number of aliphatic hydroxyl groups is 2. The monoisotopic (exact) mass is 221 g/mol. The molecule has 0 amide bonds. The lowest BCUT2D eigenvalue weighted by atomic mass is 10.1. The van der Waals surface area contributed by atoms with Crippen LogP contribution in [0.5, 0.6) is 5.75 Å². The lowest BCUT2D eigenvalue weighted by Gasteiger charge is -2.30. The third-order valence-corrected chi connectivity index (χ3v) is 2.31. The molecule has 0 spiro atoms. The Morgan fingerprint density at radius 3 is 2.88 bits per heavy atom. The van der Waals surface area contributed by atoms with Crippen LogP contribution in [-0.2, 0) is 11.4 Å². The largest absolute Gasteiger partial charge is 0.543 e. The molecule has 0 saturated heterocycles. The maximum absolute atomic E-state index is 10.7. The van der Waals surface area contributed by atoms with Crippen LogP contribution in [0.15, 0.2) is 24.3 Å². The van der Waals surface area contributed by atoms with Crippen LogP contribution >= 0.6 is 0 Å². The number of hydrogen-bond donors (Lipinski definition) is 2. The maximum Gasteiger partial charge on any atom is 0.269 e. The standard InChI is InChI=1S/C11H10O5/c12-6-7-1-2-8-3-4-11(15,10(13)14)16-9(8)5-7/h1-5,12,15H,6H2,(H,13,14)/p-1. The zero-order chi connectivity index (χ0) is 11.8. The molecule has 0 bridgehead atoms. The number of rotatable bonds is 2. The Kier molecular flexibility index (Phi) is 2.41. The number of aliphatic hydroxyl groups excluding tert-OH is 1. The van der Waals surface area contributed by atoms with E-state index in [0.717, 1.165) is 6.08 Å². The highest BCUT2D eigenvalue weighted by Crippen LogP contribution is 2.30. The number of carbonyl (C=O) groups is 1. The van der Waals surface area contributed by atoms with E-state index < -0.39 is 11.8 Å². The fraction of sp³-hybridized carbons (Fsp3) is 0.182. The lowest BCUT2D eigenvalue weighted by Crippen LogP contribution is -2.52. The number of carboxylic acids is 1. The van der Waals surface area contributed by atoms with E-state index in [2.05, 4.69) is 0 Å². The molecule has 0 fully saturated rings. The van der Waals surface area contributed by atoms with Crippen molar-refractivity contribution in [2.45, 2.75) is 12.4 Å². The smallest absolute Gasteiger partial charge is 0.269 e. The fourth-order valence-corrected chi connectivity index (χ4v) is 1.42. The van der Waals surface area contributed by atoms with Crippen molar-refractivity contribution in [3.05, 3.63) is 35.4 Å². The second-order valence-electron chi connectivity index (χ2n) is 3.45. The van der Waals surface area contributed by atoms with Gasteiger partial charge in [0, 0.05) is 5.56 Å². The summed E-state index contributed by atoms with van der Waals surface area (Å²) >= 11 is 0. The minimum absolute atomic E-state index is 0.190. The first-order chi connectivity index (χ1) is 7.55. The van der Waals surface area contributed by atoms with E-state index in [4.69, 9.17) is 9.84 Å². The Morgan fingerprint density at radius 2 is 2.25 bits per heavy atom. The third kappa shape index (κ3) is 1.66. The van der Waals surface area contributed by atoms with Gasteiger partial charge in [0.05, 0.1) is 6.61 Å². The van der Waals surface area contributed by atoms with Crippen molar-refractivity contribution in [1.29, 1.82) is 0 Å². The molecule has 1 aromatic rings. The van der Waals surface area contributed by atoms with Crippen LogP contribution in [-0.4, -0.2) is 22.0 Å². The van der Waals surface area contributed by atoms with E-state index in [9.17, 15) is 15.0 Å². The number of benzene rings is 1. The van der Waals surface area contributed by atoms with Gasteiger partial charge in [-0.05, 0) is 23.8 Å². The van der Waals surface area contributed by atoms with Crippen LogP contribution in [0.1, 0.15) is 11.1 Å². The summed E-state index contributed by atoms with van der Waals surface area (Å²) in [5.74, 6) is -3.98. The molecule has 2 rings (SSSR count). The van der Waals surface area contributed by atoms with E-state index in [0.29, 0.717) is 11.1 Å². The maximum atomic E-state index is 10.7. The summed E-state index contributed by atoms with van der Waals surface area (Å²) in [5, 5.41) is 29.1. The first-order valence-corrected chi connectivity index (χ1v) is 4.61. The molecule has 0 radical (unpaired) electrons. The molecule has 1 aromatic carbocycles. The average molecular weight is 221 g/mol. The van der Waals surface area contributed by atoms with Crippen LogP contribution in [0.3, 0.4) is 0 Å². The zero-order valence-corrected chi connectivity index (χ0v) is 8.21. The van der Waals surface area contributed by atoms with Crippen molar-refractivity contribution >= 4 is 12.0 Å². The first kappa shape index (κ1) is 10.7. The molecule has 0 saturated carbocycles. The highest BCUT2D eigenvalue weighted by molar-refractivity contribution is 5.80. The van der Waals surface area contributed by atoms with Crippen molar-refractivity contribution in [3.63, 3.8) is 0 Å². The van der Waals surface area contributed by atoms with Crippen molar-refractivity contribution in [2.75, 3.05) is 0 Å². The van der Waals surface area contributed by atoms with E-state index >= 15 is 0 Å². The Balaban J connectivity index is 2.42. The van der Waals surface area contributed by atoms with Crippen LogP contribution in [0, 0.1) is 0 Å². The van der Waals surface area contributed by atoms with Crippen LogP contribution in [0.25, 0.3) is 6.08 Å². The molecule has 0 aromatic heterocycles. The van der Waals surface area contributed by atoms with Crippen molar-refractivity contribution < 1.29 is 24.9 Å². The van der Waals surface area contributed by atoms with Gasteiger partial charge in [-0.15, -0.1) is 0 Å². The minimum atomic E-state index is -2.44. The summed E-state index contributed by atoms with van der Waals surface area (Å²) in [4.78, 5) is 10.7. The van der Waals surface area contributed by atoms with Gasteiger partial charge in [0.2, 0.25) is 0 Å². The number of carboxylic acid groups (broad SMARTS) is 1. The van der Waals surface area contributed by atoms with Gasteiger partial charge < -0.3 is 24.9 Å². The van der Waals surface area contributed by atoms with Gasteiger partial charge >= 0.3 is 0 Å². The van der Waals surface area contributed by atoms with Gasteiger partial charge in [-0.2, -0.15) is 0 Å². The lowest BCUT2D eigenvalue weighted by molar-refractivity contribution is -0.335. The van der Waals surface area contributed by atoms with Crippen molar-refractivity contribution in [2.24, 2.45) is 0 Å². The van der Waals surface area contributed by atoms with Crippen LogP contribution in [0.2, 0.25) is 0 Å². The quantitative estimate of drug-likeness (QED) is 0.670. The van der Waals surface area contributed by atoms with E-state index in [1.54, 1.807) is 12.1 Å². The zero-order valence-electron chi connectivity index (χ0n) is 8.21. The van der Waals surface area contributed by atoms with Gasteiger partial charge in [-0.1, -0.05) is 12.1 Å². The summed E-state index contributed by atoms with van der Waals surface area (Å²) in [5.41, 5.74) is 1.19. The molecule has 84 valence electrons. The molecule has 5 nitrogen and oxygen atoms in total. The Hall–Kier alpha value is -1.85. The SMILES string of the molecule is O=C([O-])C1(O)C=Cc2ccc(CO)cc2O1. The summed E-state index contributed by atoms with van der Waals surface area (Å²) in [6, 6.07) is 4.80. The molecule has 1 unspecified atom stereocenters. The number of ether oxygens (including phenoxy) is 1. The second-order valence-corrected chi connectivity index (χ2v) is 3.45. The molecule has 1 heterocycles. The number of hydrogen-bond acceptors (Lipinski definition) is 5. The van der Waals surface area contributed by atoms with E-state index in [1.807, 2.05) is 0 Å². The van der Waals surface area contributed by atoms with Gasteiger partial charge in [0.25, 0.3) is 5.79 Å². The van der Waals surface area contributed by atoms with Gasteiger partial charge in [0.1, 0.15) is 11.7 Å². The third-order valence-electron chi connectivity index (χ3n) is 2.31. The molecule has 0 aliphatic carbocycles. The molecular weight excluding hydrogens is 212 g/mol. The summed E-state index contributed by atoms with van der Waals surface area (Å²) in [6.45, 7) is -0.190. The molecule has 1 aliphatic rings. The highest BCUT2D eigenvalue weighted by atomic mass is 16.6. The minimum Gasteiger partial charge on any atom is -0.543 e. The first-order valence-electron chi connectivity index (χ1n) is 4.61. The Labute approximate surface area is 91.2 Å². The number of fused-ring (bicyclic) bond motifs is 1. The van der Waals surface area contributed by atoms with Crippen LogP contribution in [0.4, 0.5) is 0 Å². The van der Waals surface area contributed by atoms with E-state index in [1.165, 1.54) is 12.1 Å². The number of aliphatic carboxylic acids is 1. The van der Waals surface area contributed by atoms with Crippen molar-refractivity contribution in [1.82, 2.24) is 0 Å². The normalized spacial score (nSPS) is 22.4.